The first-order valence-corrected chi connectivity index (χ1v) is 34.5. The summed E-state index contributed by atoms with van der Waals surface area (Å²) in [6.45, 7) is 40.3. The number of aryl methyl sites for hydroxylation is 17. The highest BCUT2D eigenvalue weighted by molar-refractivity contribution is 5.90. The van der Waals surface area contributed by atoms with Gasteiger partial charge in [0.15, 0.2) is 0 Å². The van der Waals surface area contributed by atoms with Gasteiger partial charge >= 0.3 is 0 Å². The average Bonchev–Trinajstić information content (AvgIpc) is 1.17. The van der Waals surface area contributed by atoms with Crippen molar-refractivity contribution in [3.05, 3.63) is 392 Å². The Kier molecular flexibility index (Phi) is 30.5. The van der Waals surface area contributed by atoms with Gasteiger partial charge in [-0.3, -0.25) is 0 Å². The van der Waals surface area contributed by atoms with Crippen LogP contribution in [0.2, 0.25) is 0 Å². The number of benzene rings is 15. The smallest absolute Gasteiger partial charge is 0.0152 e. The predicted octanol–water partition coefficient (Wildman–Crippen LogP) is 28.4. The van der Waals surface area contributed by atoms with Crippen molar-refractivity contribution in [3.8, 4) is 0 Å². The van der Waals surface area contributed by atoms with E-state index in [9.17, 15) is 0 Å². The van der Waals surface area contributed by atoms with Gasteiger partial charge in [-0.1, -0.05) is 350 Å². The Morgan fingerprint density at radius 3 is 0.897 bits per heavy atom. The summed E-state index contributed by atoms with van der Waals surface area (Å²) in [5, 5.41) is 16.3. The second-order valence-electron chi connectivity index (χ2n) is 25.6. The highest BCUT2D eigenvalue weighted by Crippen LogP contribution is 2.25. The molecule has 0 saturated carbocycles. The molecule has 0 bridgehead atoms. The Morgan fingerprint density at radius 2 is 0.423 bits per heavy atom. The lowest BCUT2D eigenvalue weighted by molar-refractivity contribution is 1.34. The SMILES string of the molecule is CC.Cc1cc(C)c2ccccc2c1.Cc1ccc(C)cc1.Cc1ccc2c(C)cccc2c1.Cc1ccc2cccc(C)c2c1.Cc1ccc2ccccc2c1C.Cc1cccc(C)c1.Cc1cccc2c(C)cccc12.Cc1cccc2ccccc12.Cc1ccccc1C. The highest BCUT2D eigenvalue weighted by Gasteiger charge is 2.01. The van der Waals surface area contributed by atoms with Crippen LogP contribution in [-0.4, -0.2) is 0 Å². The largest absolute Gasteiger partial charge is 0.0683 e. The van der Waals surface area contributed by atoms with Crippen molar-refractivity contribution in [1.29, 1.82) is 0 Å². The van der Waals surface area contributed by atoms with Gasteiger partial charge in [0.1, 0.15) is 0 Å². The summed E-state index contributed by atoms with van der Waals surface area (Å²) in [5.41, 5.74) is 23.0. The molecular weight excluding hydrogens is 1170 g/mol. The second-order valence-corrected chi connectivity index (χ2v) is 25.6. The van der Waals surface area contributed by atoms with Crippen LogP contribution in [-0.2, 0) is 0 Å². The van der Waals surface area contributed by atoms with Crippen molar-refractivity contribution in [2.45, 2.75) is 132 Å². The number of fused-ring (bicyclic) bond motifs is 6. The molecule has 0 atom stereocenters. The van der Waals surface area contributed by atoms with E-state index in [1.165, 1.54) is 159 Å². The second kappa shape index (κ2) is 39.0. The predicted molar refractivity (Wildman–Crippen MR) is 435 cm³/mol. The van der Waals surface area contributed by atoms with E-state index in [-0.39, 0.29) is 0 Å². The van der Waals surface area contributed by atoms with Crippen molar-refractivity contribution in [2.24, 2.45) is 0 Å². The minimum atomic E-state index is 1.33. The van der Waals surface area contributed by atoms with Gasteiger partial charge in [0, 0.05) is 0 Å². The summed E-state index contributed by atoms with van der Waals surface area (Å²) in [4.78, 5) is 0. The molecule has 0 aliphatic carbocycles. The first-order chi connectivity index (χ1) is 46.6. The summed E-state index contributed by atoms with van der Waals surface area (Å²) in [6.07, 6.45) is 0. The quantitative estimate of drug-likeness (QED) is 0.142. The number of hydrogen-bond donors (Lipinski definition) is 0. The van der Waals surface area contributed by atoms with Crippen LogP contribution >= 0.6 is 0 Å². The van der Waals surface area contributed by atoms with E-state index in [4.69, 9.17) is 0 Å². The van der Waals surface area contributed by atoms with E-state index in [1.807, 2.05) is 13.8 Å². The molecule has 0 amide bonds. The molecule has 97 heavy (non-hydrogen) atoms. The van der Waals surface area contributed by atoms with Gasteiger partial charge in [-0.15, -0.1) is 0 Å². The molecule has 0 aliphatic rings. The molecule has 0 radical (unpaired) electrons. The summed E-state index contributed by atoms with van der Waals surface area (Å²) in [6, 6.07) is 105. The molecule has 0 aliphatic heterocycles. The van der Waals surface area contributed by atoms with Crippen LogP contribution in [0.1, 0.15) is 108 Å². The molecular formula is C97H106. The van der Waals surface area contributed by atoms with Gasteiger partial charge in [0.2, 0.25) is 0 Å². The molecule has 0 N–H and O–H groups in total. The molecule has 0 saturated heterocycles. The Bertz CT molecular complexity index is 4740. The van der Waals surface area contributed by atoms with E-state index < -0.39 is 0 Å². The topological polar surface area (TPSA) is 0 Å². The molecule has 0 spiro atoms. The average molecular weight is 1270 g/mol. The van der Waals surface area contributed by atoms with E-state index in [1.54, 1.807) is 0 Å². The van der Waals surface area contributed by atoms with Gasteiger partial charge in [0.05, 0.1) is 0 Å². The molecule has 15 rings (SSSR count). The van der Waals surface area contributed by atoms with Crippen LogP contribution in [0, 0.1) is 118 Å². The third-order valence-electron chi connectivity index (χ3n) is 17.4. The fourth-order valence-corrected chi connectivity index (χ4v) is 11.5. The van der Waals surface area contributed by atoms with Gasteiger partial charge in [-0.05, 0) is 238 Å². The van der Waals surface area contributed by atoms with Crippen molar-refractivity contribution in [1.82, 2.24) is 0 Å². The molecule has 0 aromatic heterocycles. The summed E-state index contributed by atoms with van der Waals surface area (Å²) in [5.74, 6) is 0. The maximum atomic E-state index is 2.24. The Labute approximate surface area is 584 Å². The molecule has 494 valence electrons. The Balaban J connectivity index is 0.000000173. The fraction of sp³-hybridized carbons (Fsp3) is 0.196. The van der Waals surface area contributed by atoms with Gasteiger partial charge in [-0.2, -0.15) is 0 Å². The molecule has 0 heteroatoms. The summed E-state index contributed by atoms with van der Waals surface area (Å²) in [7, 11) is 0. The van der Waals surface area contributed by atoms with Crippen LogP contribution in [0.4, 0.5) is 0 Å². The molecule has 0 fully saturated rings. The van der Waals surface area contributed by atoms with Crippen LogP contribution in [0.15, 0.2) is 297 Å². The van der Waals surface area contributed by atoms with Crippen molar-refractivity contribution < 1.29 is 0 Å². The summed E-state index contributed by atoms with van der Waals surface area (Å²) >= 11 is 0. The zero-order chi connectivity index (χ0) is 70.4. The highest BCUT2D eigenvalue weighted by atomic mass is 14.1. The Hall–Kier alpha value is -10.1. The minimum absolute atomic E-state index is 1.33. The third kappa shape index (κ3) is 23.9. The maximum absolute atomic E-state index is 2.24. The van der Waals surface area contributed by atoms with Crippen LogP contribution in [0.3, 0.4) is 0 Å². The molecule has 15 aromatic carbocycles. The molecule has 0 heterocycles. The molecule has 0 nitrogen and oxygen atoms in total. The molecule has 0 unspecified atom stereocenters. The minimum Gasteiger partial charge on any atom is -0.0683 e. The Morgan fingerprint density at radius 1 is 0.134 bits per heavy atom. The lowest BCUT2D eigenvalue weighted by Crippen LogP contribution is -1.82. The maximum Gasteiger partial charge on any atom is -0.0152 e. The zero-order valence-corrected chi connectivity index (χ0v) is 61.8. The first kappa shape index (κ1) is 75.9. The normalized spacial score (nSPS) is 10.0. The zero-order valence-electron chi connectivity index (χ0n) is 61.8. The van der Waals surface area contributed by atoms with Gasteiger partial charge in [-0.25, -0.2) is 0 Å². The first-order valence-electron chi connectivity index (χ1n) is 34.5. The summed E-state index contributed by atoms with van der Waals surface area (Å²) < 4.78 is 0. The van der Waals surface area contributed by atoms with Gasteiger partial charge < -0.3 is 0 Å². The van der Waals surface area contributed by atoms with E-state index in [2.05, 4.69) is 415 Å². The monoisotopic (exact) mass is 1270 g/mol. The van der Waals surface area contributed by atoms with E-state index >= 15 is 0 Å². The van der Waals surface area contributed by atoms with Crippen LogP contribution in [0.25, 0.3) is 64.6 Å². The number of hydrogen-bond acceptors (Lipinski definition) is 0. The lowest BCUT2D eigenvalue weighted by atomic mass is 10.0. The fourth-order valence-electron chi connectivity index (χ4n) is 11.5. The van der Waals surface area contributed by atoms with Crippen LogP contribution in [0.5, 0.6) is 0 Å². The van der Waals surface area contributed by atoms with Gasteiger partial charge in [0.25, 0.3) is 0 Å². The molecule has 15 aromatic rings. The van der Waals surface area contributed by atoms with Crippen molar-refractivity contribution in [3.63, 3.8) is 0 Å². The third-order valence-corrected chi connectivity index (χ3v) is 17.4. The lowest BCUT2D eigenvalue weighted by Gasteiger charge is -2.04. The van der Waals surface area contributed by atoms with Crippen molar-refractivity contribution >= 4 is 64.6 Å². The van der Waals surface area contributed by atoms with Crippen molar-refractivity contribution in [2.75, 3.05) is 0 Å². The van der Waals surface area contributed by atoms with E-state index in [0.29, 0.717) is 0 Å². The number of rotatable bonds is 0. The van der Waals surface area contributed by atoms with E-state index in [0.717, 1.165) is 0 Å². The standard InChI is InChI=1S/5C12H12.C11H10.3C8H10.C2H6/c1-9-5-3-8-12-10(2)6-4-7-11(9)12;1-9-6-7-12-10(2)4-3-5-11(12)8-9;1-9-6-7-11-5-3-4-10(2)12(11)8-9;1-9-7-10(2)12-6-4-3-5-11(12)8-9;1-9-7-8-11-5-3-4-6-12(11)10(9)2;1-9-5-4-7-10-6-2-3-8-11(9)10;1-7-3-5-8(2)6-4-7;1-7-4-3-5-8(2)6-7;1-7-5-3-4-6-8(7)2;1-2/h5*3-8H,1-2H3;2-8H,1H3;3*3-6H,1-2H3;1-2H3. The van der Waals surface area contributed by atoms with Crippen LogP contribution < -0.4 is 0 Å².